The third-order valence-electron chi connectivity index (χ3n) is 4.15. The van der Waals surface area contributed by atoms with Gasteiger partial charge < -0.3 is 14.8 Å². The van der Waals surface area contributed by atoms with Crippen molar-refractivity contribution in [3.63, 3.8) is 0 Å². The lowest BCUT2D eigenvalue weighted by Crippen LogP contribution is -2.35. The summed E-state index contributed by atoms with van der Waals surface area (Å²) in [6.07, 6.45) is 1.74. The second-order valence-electron chi connectivity index (χ2n) is 5.89. The SMILES string of the molecule is CCOc1cccn2c(C(=O)N[C@@H](C(=O)OC)c3ccccc3)c(C)nc12. The number of imidazole rings is 1. The number of esters is 1. The Hall–Kier alpha value is -3.35. The molecule has 0 saturated carbocycles. The van der Waals surface area contributed by atoms with Crippen molar-refractivity contribution < 1.29 is 19.1 Å². The van der Waals surface area contributed by atoms with Crippen molar-refractivity contribution in [2.45, 2.75) is 19.9 Å². The maximum atomic E-state index is 13.0. The number of nitrogens with zero attached hydrogens (tertiary/aromatic N) is 2. The Morgan fingerprint density at radius 2 is 1.93 bits per heavy atom. The largest absolute Gasteiger partial charge is 0.490 e. The summed E-state index contributed by atoms with van der Waals surface area (Å²) in [6, 6.07) is 11.6. The lowest BCUT2D eigenvalue weighted by atomic mass is 10.1. The Bertz CT molecular complexity index is 966. The molecule has 7 nitrogen and oxygen atoms in total. The topological polar surface area (TPSA) is 81.9 Å². The number of aromatic nitrogens is 2. The van der Waals surface area contributed by atoms with Crippen LogP contribution in [0.2, 0.25) is 0 Å². The van der Waals surface area contributed by atoms with Gasteiger partial charge in [-0.3, -0.25) is 9.20 Å². The molecule has 27 heavy (non-hydrogen) atoms. The normalized spacial score (nSPS) is 11.8. The highest BCUT2D eigenvalue weighted by Crippen LogP contribution is 2.23. The van der Waals surface area contributed by atoms with Crippen LogP contribution in [0.25, 0.3) is 5.65 Å². The molecular formula is C20H21N3O4. The number of hydrogen-bond donors (Lipinski definition) is 1. The van der Waals surface area contributed by atoms with Gasteiger partial charge in [0.2, 0.25) is 0 Å². The van der Waals surface area contributed by atoms with Gasteiger partial charge >= 0.3 is 5.97 Å². The van der Waals surface area contributed by atoms with Crippen LogP contribution in [-0.2, 0) is 9.53 Å². The number of aryl methyl sites for hydroxylation is 1. The number of ether oxygens (including phenoxy) is 2. The highest BCUT2D eigenvalue weighted by molar-refractivity contribution is 5.97. The predicted octanol–water partition coefficient (Wildman–Crippen LogP) is 2.69. The Balaban J connectivity index is 1.98. The van der Waals surface area contributed by atoms with Crippen LogP contribution < -0.4 is 10.1 Å². The molecule has 3 rings (SSSR count). The molecule has 2 heterocycles. The monoisotopic (exact) mass is 367 g/mol. The third kappa shape index (κ3) is 3.62. The van der Waals surface area contributed by atoms with Crippen LogP contribution in [-0.4, -0.2) is 35.0 Å². The van der Waals surface area contributed by atoms with Gasteiger partial charge in [0.05, 0.1) is 19.4 Å². The minimum absolute atomic E-state index is 0.344. The van der Waals surface area contributed by atoms with Crippen molar-refractivity contribution in [1.29, 1.82) is 0 Å². The summed E-state index contributed by atoms with van der Waals surface area (Å²) in [6.45, 7) is 4.12. The van der Waals surface area contributed by atoms with E-state index < -0.39 is 17.9 Å². The van der Waals surface area contributed by atoms with Gasteiger partial charge in [-0.1, -0.05) is 30.3 Å². The van der Waals surface area contributed by atoms with E-state index in [0.29, 0.717) is 35.0 Å². The van der Waals surface area contributed by atoms with Crippen molar-refractivity contribution in [2.24, 2.45) is 0 Å². The number of pyridine rings is 1. The van der Waals surface area contributed by atoms with Crippen molar-refractivity contribution in [2.75, 3.05) is 13.7 Å². The summed E-state index contributed by atoms with van der Waals surface area (Å²) in [5, 5.41) is 2.76. The van der Waals surface area contributed by atoms with E-state index in [9.17, 15) is 9.59 Å². The highest BCUT2D eigenvalue weighted by atomic mass is 16.5. The molecule has 7 heteroatoms. The van der Waals surface area contributed by atoms with E-state index in [-0.39, 0.29) is 0 Å². The summed E-state index contributed by atoms with van der Waals surface area (Å²) in [7, 11) is 1.29. The average Bonchev–Trinajstić information content (AvgIpc) is 3.03. The summed E-state index contributed by atoms with van der Waals surface area (Å²) >= 11 is 0. The summed E-state index contributed by atoms with van der Waals surface area (Å²) < 4.78 is 12.1. The quantitative estimate of drug-likeness (QED) is 0.678. The van der Waals surface area contributed by atoms with Gasteiger partial charge in [0, 0.05) is 6.20 Å². The number of nitrogens with one attached hydrogen (secondary N) is 1. The summed E-state index contributed by atoms with van der Waals surface area (Å²) in [4.78, 5) is 29.7. The van der Waals surface area contributed by atoms with Gasteiger partial charge in [0.1, 0.15) is 5.69 Å². The number of methoxy groups -OCH3 is 1. The van der Waals surface area contributed by atoms with E-state index in [0.717, 1.165) is 0 Å². The Morgan fingerprint density at radius 3 is 2.59 bits per heavy atom. The molecule has 1 aromatic carbocycles. The van der Waals surface area contributed by atoms with E-state index in [2.05, 4.69) is 10.3 Å². The van der Waals surface area contributed by atoms with Gasteiger partial charge in [-0.05, 0) is 31.5 Å². The Labute approximate surface area is 156 Å². The standard InChI is InChI=1S/C20H21N3O4/c1-4-27-15-11-8-12-23-17(13(2)21-18(15)23)19(24)22-16(20(25)26-3)14-9-6-5-7-10-14/h5-12,16H,4H2,1-3H3,(H,22,24)/t16-/m1/s1. The van der Waals surface area contributed by atoms with Crippen molar-refractivity contribution in [3.8, 4) is 5.75 Å². The fourth-order valence-corrected chi connectivity index (χ4v) is 2.94. The van der Waals surface area contributed by atoms with Crippen LogP contribution in [0.3, 0.4) is 0 Å². The minimum atomic E-state index is -0.913. The van der Waals surface area contributed by atoms with Crippen molar-refractivity contribution in [1.82, 2.24) is 14.7 Å². The first-order chi connectivity index (χ1) is 13.1. The van der Waals surface area contributed by atoms with E-state index in [1.165, 1.54) is 7.11 Å². The van der Waals surface area contributed by atoms with Gasteiger partial charge in [-0.15, -0.1) is 0 Å². The molecule has 140 valence electrons. The second kappa shape index (κ2) is 7.90. The van der Waals surface area contributed by atoms with Gasteiger partial charge in [0.15, 0.2) is 17.4 Å². The third-order valence-corrected chi connectivity index (χ3v) is 4.15. The van der Waals surface area contributed by atoms with E-state index in [1.54, 1.807) is 53.9 Å². The van der Waals surface area contributed by atoms with Gasteiger partial charge in [-0.2, -0.15) is 0 Å². The first kappa shape index (κ1) is 18.4. The molecule has 0 saturated heterocycles. The Kier molecular flexibility index (Phi) is 5.40. The van der Waals surface area contributed by atoms with Crippen LogP contribution in [0.1, 0.15) is 34.7 Å². The molecule has 0 unspecified atom stereocenters. The number of rotatable bonds is 6. The fraction of sp³-hybridized carbons (Fsp3) is 0.250. The summed E-state index contributed by atoms with van der Waals surface area (Å²) in [5.41, 5.74) is 2.07. The van der Waals surface area contributed by atoms with Gasteiger partial charge in [-0.25, -0.2) is 9.78 Å². The van der Waals surface area contributed by atoms with Crippen molar-refractivity contribution >= 4 is 17.5 Å². The molecule has 1 atom stereocenters. The van der Waals surface area contributed by atoms with Crippen LogP contribution >= 0.6 is 0 Å². The summed E-state index contributed by atoms with van der Waals surface area (Å²) in [5.74, 6) is -0.376. The number of carbonyl (C=O) groups excluding carboxylic acids is 2. The number of carbonyl (C=O) groups is 2. The van der Waals surface area contributed by atoms with Crippen LogP contribution in [0.4, 0.5) is 0 Å². The van der Waals surface area contributed by atoms with Crippen LogP contribution in [0.15, 0.2) is 48.7 Å². The molecule has 1 N–H and O–H groups in total. The zero-order valence-electron chi connectivity index (χ0n) is 15.4. The maximum Gasteiger partial charge on any atom is 0.333 e. The number of fused-ring (bicyclic) bond motifs is 1. The molecular weight excluding hydrogens is 346 g/mol. The molecule has 1 amide bonds. The molecule has 0 spiro atoms. The van der Waals surface area contributed by atoms with Crippen LogP contribution in [0, 0.1) is 6.92 Å². The number of amides is 1. The Morgan fingerprint density at radius 1 is 1.19 bits per heavy atom. The lowest BCUT2D eigenvalue weighted by molar-refractivity contribution is -0.143. The minimum Gasteiger partial charge on any atom is -0.490 e. The molecule has 2 aromatic heterocycles. The molecule has 0 aliphatic rings. The molecule has 0 fully saturated rings. The molecule has 0 radical (unpaired) electrons. The molecule has 3 aromatic rings. The highest BCUT2D eigenvalue weighted by Gasteiger charge is 2.27. The smallest absolute Gasteiger partial charge is 0.333 e. The zero-order valence-corrected chi connectivity index (χ0v) is 15.4. The van der Waals surface area contributed by atoms with Crippen LogP contribution in [0.5, 0.6) is 5.75 Å². The average molecular weight is 367 g/mol. The second-order valence-corrected chi connectivity index (χ2v) is 5.89. The first-order valence-corrected chi connectivity index (χ1v) is 8.61. The number of hydrogen-bond acceptors (Lipinski definition) is 5. The zero-order chi connectivity index (χ0) is 19.4. The maximum absolute atomic E-state index is 13.0. The van der Waals surface area contributed by atoms with Crippen molar-refractivity contribution in [3.05, 3.63) is 65.6 Å². The van der Waals surface area contributed by atoms with E-state index in [1.807, 2.05) is 13.0 Å². The van der Waals surface area contributed by atoms with Gasteiger partial charge in [0.25, 0.3) is 5.91 Å². The first-order valence-electron chi connectivity index (χ1n) is 8.61. The number of benzene rings is 1. The predicted molar refractivity (Wildman–Crippen MR) is 99.8 cm³/mol. The fourth-order valence-electron chi connectivity index (χ4n) is 2.94. The molecule has 0 aliphatic heterocycles. The molecule has 0 bridgehead atoms. The molecule has 0 aliphatic carbocycles. The van der Waals surface area contributed by atoms with E-state index in [4.69, 9.17) is 9.47 Å². The van der Waals surface area contributed by atoms with E-state index >= 15 is 0 Å². The lowest BCUT2D eigenvalue weighted by Gasteiger charge is -2.17.